The van der Waals surface area contributed by atoms with Crippen molar-refractivity contribution in [3.8, 4) is 11.5 Å². The molecule has 8 heteroatoms. The standard InChI is InChI=1S/C26H20N2O5S/c29-24(19-8-7-17-6-5-16-2-1-3-18(19)23(16)17)27-10-11-28-25(30)22(34-26(28)31)13-15-4-9-20-21(12-15)33-14-32-20/h1-4,7-9,12-13H,5-6,10-11,14H2,(H,27,29)/b22-13-. The van der Waals surface area contributed by atoms with Gasteiger partial charge in [-0.1, -0.05) is 30.3 Å². The number of nitrogens with one attached hydrogen (secondary N) is 1. The van der Waals surface area contributed by atoms with Crippen LogP contribution in [0.4, 0.5) is 4.79 Å². The van der Waals surface area contributed by atoms with Gasteiger partial charge in [-0.05, 0) is 76.3 Å². The number of carbonyl (C=O) groups is 3. The summed E-state index contributed by atoms with van der Waals surface area (Å²) in [7, 11) is 0. The third kappa shape index (κ3) is 3.51. The summed E-state index contributed by atoms with van der Waals surface area (Å²) in [6, 6.07) is 15.3. The van der Waals surface area contributed by atoms with Gasteiger partial charge in [-0.15, -0.1) is 0 Å². The van der Waals surface area contributed by atoms with Crippen LogP contribution in [0.5, 0.6) is 11.5 Å². The van der Waals surface area contributed by atoms with Gasteiger partial charge in [0.25, 0.3) is 17.1 Å². The van der Waals surface area contributed by atoms with Crippen LogP contribution in [-0.4, -0.2) is 41.8 Å². The number of fused-ring (bicyclic) bond motifs is 1. The average molecular weight is 473 g/mol. The first-order valence-electron chi connectivity index (χ1n) is 11.1. The van der Waals surface area contributed by atoms with E-state index in [1.807, 2.05) is 24.3 Å². The molecule has 0 spiro atoms. The molecule has 3 amide bonds. The molecule has 0 atom stereocenters. The molecule has 0 aromatic heterocycles. The normalized spacial score (nSPS) is 17.3. The number of imide groups is 1. The molecule has 2 heterocycles. The molecule has 170 valence electrons. The highest BCUT2D eigenvalue weighted by atomic mass is 32.2. The van der Waals surface area contributed by atoms with Crippen molar-refractivity contribution in [3.05, 3.63) is 75.7 Å². The van der Waals surface area contributed by atoms with E-state index in [-0.39, 0.29) is 36.9 Å². The second-order valence-corrected chi connectivity index (χ2v) is 9.31. The lowest BCUT2D eigenvalue weighted by Gasteiger charge is -2.14. The van der Waals surface area contributed by atoms with Crippen LogP contribution in [0, 0.1) is 0 Å². The zero-order valence-electron chi connectivity index (χ0n) is 18.1. The zero-order valence-corrected chi connectivity index (χ0v) is 18.9. The Morgan fingerprint density at radius 1 is 1.03 bits per heavy atom. The zero-order chi connectivity index (χ0) is 23.2. The van der Waals surface area contributed by atoms with Crippen molar-refractivity contribution in [1.29, 1.82) is 0 Å². The number of ether oxygens (including phenoxy) is 2. The summed E-state index contributed by atoms with van der Waals surface area (Å²) in [5.41, 5.74) is 3.90. The highest BCUT2D eigenvalue weighted by Gasteiger charge is 2.34. The molecule has 3 aliphatic rings. The molecule has 3 aromatic rings. The van der Waals surface area contributed by atoms with Gasteiger partial charge in [0.1, 0.15) is 0 Å². The molecule has 7 nitrogen and oxygen atoms in total. The number of carbonyl (C=O) groups excluding carboxylic acids is 3. The van der Waals surface area contributed by atoms with Crippen molar-refractivity contribution >= 4 is 45.7 Å². The van der Waals surface area contributed by atoms with Gasteiger partial charge in [0, 0.05) is 18.7 Å². The van der Waals surface area contributed by atoms with Gasteiger partial charge in [0.15, 0.2) is 11.5 Å². The Bertz CT molecular complexity index is 1400. The number of benzene rings is 3. The van der Waals surface area contributed by atoms with Gasteiger partial charge in [-0.2, -0.15) is 0 Å². The summed E-state index contributed by atoms with van der Waals surface area (Å²) in [4.78, 5) is 39.6. The van der Waals surface area contributed by atoms with E-state index in [0.717, 1.165) is 40.5 Å². The summed E-state index contributed by atoms with van der Waals surface area (Å²) in [5, 5.41) is 4.64. The number of nitrogens with zero attached hydrogens (tertiary/aromatic N) is 1. The summed E-state index contributed by atoms with van der Waals surface area (Å²) >= 11 is 0.891. The maximum absolute atomic E-state index is 12.9. The first-order valence-corrected chi connectivity index (χ1v) is 11.9. The highest BCUT2D eigenvalue weighted by Crippen LogP contribution is 2.36. The SMILES string of the molecule is O=C(NCCN1C(=O)S/C(=C\c2ccc3c(c2)OCO3)C1=O)c1ccc2c3c(cccc13)CC2. The van der Waals surface area contributed by atoms with Gasteiger partial charge in [0.05, 0.1) is 4.91 Å². The van der Waals surface area contributed by atoms with Crippen LogP contribution in [0.3, 0.4) is 0 Å². The van der Waals surface area contributed by atoms with E-state index in [1.165, 1.54) is 16.5 Å². The van der Waals surface area contributed by atoms with Crippen LogP contribution in [0.15, 0.2) is 53.4 Å². The Balaban J connectivity index is 1.13. The number of aryl methyl sites for hydroxylation is 2. The van der Waals surface area contributed by atoms with Crippen molar-refractivity contribution in [2.24, 2.45) is 0 Å². The molecule has 0 saturated carbocycles. The van der Waals surface area contributed by atoms with E-state index < -0.39 is 0 Å². The maximum atomic E-state index is 12.9. The minimum absolute atomic E-state index is 0.107. The Morgan fingerprint density at radius 2 is 1.85 bits per heavy atom. The fourth-order valence-electron chi connectivity index (χ4n) is 4.67. The van der Waals surface area contributed by atoms with Gasteiger partial charge < -0.3 is 14.8 Å². The number of hydrogen-bond donors (Lipinski definition) is 1. The minimum atomic E-state index is -0.368. The largest absolute Gasteiger partial charge is 0.454 e. The Kier molecular flexibility index (Phi) is 5.03. The number of hydrogen-bond acceptors (Lipinski definition) is 6. The molecule has 1 N–H and O–H groups in total. The van der Waals surface area contributed by atoms with E-state index in [1.54, 1.807) is 24.3 Å². The number of rotatable bonds is 5. The van der Waals surface area contributed by atoms with E-state index in [4.69, 9.17) is 9.47 Å². The lowest BCUT2D eigenvalue weighted by molar-refractivity contribution is -0.122. The van der Waals surface area contributed by atoms with Gasteiger partial charge in [-0.25, -0.2) is 0 Å². The van der Waals surface area contributed by atoms with Crippen LogP contribution in [-0.2, 0) is 17.6 Å². The monoisotopic (exact) mass is 472 g/mol. The molecule has 1 saturated heterocycles. The minimum Gasteiger partial charge on any atom is -0.454 e. The third-order valence-corrected chi connectivity index (χ3v) is 7.22. The second-order valence-electron chi connectivity index (χ2n) is 8.31. The van der Waals surface area contributed by atoms with E-state index >= 15 is 0 Å². The Morgan fingerprint density at radius 3 is 2.74 bits per heavy atom. The van der Waals surface area contributed by atoms with Crippen LogP contribution in [0.25, 0.3) is 16.8 Å². The second kappa shape index (κ2) is 8.22. The summed E-state index contributed by atoms with van der Waals surface area (Å²) in [6.07, 6.45) is 3.66. The molecule has 3 aromatic carbocycles. The molecule has 0 bridgehead atoms. The Labute approximate surface area is 199 Å². The Hall–Kier alpha value is -3.78. The molecular formula is C26H20N2O5S. The smallest absolute Gasteiger partial charge is 0.293 e. The fraction of sp³-hybridized carbons (Fsp3) is 0.192. The van der Waals surface area contributed by atoms with Crippen LogP contribution in [0.2, 0.25) is 0 Å². The van der Waals surface area contributed by atoms with E-state index in [0.29, 0.717) is 22.0 Å². The highest BCUT2D eigenvalue weighted by molar-refractivity contribution is 8.18. The fourth-order valence-corrected chi connectivity index (χ4v) is 5.53. The molecule has 0 radical (unpaired) electrons. The molecule has 2 aliphatic heterocycles. The number of thioether (sulfide) groups is 1. The van der Waals surface area contributed by atoms with Gasteiger partial charge in [-0.3, -0.25) is 19.3 Å². The van der Waals surface area contributed by atoms with Crippen molar-refractivity contribution in [2.75, 3.05) is 19.9 Å². The summed E-state index contributed by atoms with van der Waals surface area (Å²) < 4.78 is 10.7. The quantitative estimate of drug-likeness (QED) is 0.562. The first-order chi connectivity index (χ1) is 16.6. The average Bonchev–Trinajstić information content (AvgIpc) is 3.54. The molecule has 34 heavy (non-hydrogen) atoms. The molecule has 1 fully saturated rings. The van der Waals surface area contributed by atoms with Crippen molar-refractivity contribution in [1.82, 2.24) is 10.2 Å². The molecule has 1 aliphatic carbocycles. The summed E-state index contributed by atoms with van der Waals surface area (Å²) in [6.45, 7) is 0.454. The lowest BCUT2D eigenvalue weighted by Crippen LogP contribution is -2.37. The van der Waals surface area contributed by atoms with Crippen molar-refractivity contribution < 1.29 is 23.9 Å². The van der Waals surface area contributed by atoms with Crippen molar-refractivity contribution in [2.45, 2.75) is 12.8 Å². The third-order valence-electron chi connectivity index (χ3n) is 6.31. The van der Waals surface area contributed by atoms with Crippen LogP contribution >= 0.6 is 11.8 Å². The topological polar surface area (TPSA) is 84.9 Å². The van der Waals surface area contributed by atoms with Crippen LogP contribution in [0.1, 0.15) is 27.0 Å². The van der Waals surface area contributed by atoms with Gasteiger partial charge in [0.2, 0.25) is 6.79 Å². The number of amides is 3. The lowest BCUT2D eigenvalue weighted by atomic mass is 9.99. The summed E-state index contributed by atoms with van der Waals surface area (Å²) in [5.74, 6) is 0.686. The van der Waals surface area contributed by atoms with E-state index in [9.17, 15) is 14.4 Å². The molecular weight excluding hydrogens is 452 g/mol. The predicted octanol–water partition coefficient (Wildman–Crippen LogP) is 4.13. The first kappa shape index (κ1) is 20.8. The van der Waals surface area contributed by atoms with Gasteiger partial charge >= 0.3 is 0 Å². The molecule has 0 unspecified atom stereocenters. The predicted molar refractivity (Wildman–Crippen MR) is 129 cm³/mol. The van der Waals surface area contributed by atoms with Crippen LogP contribution < -0.4 is 14.8 Å². The maximum Gasteiger partial charge on any atom is 0.293 e. The van der Waals surface area contributed by atoms with E-state index in [2.05, 4.69) is 11.4 Å². The van der Waals surface area contributed by atoms with Crippen molar-refractivity contribution in [3.63, 3.8) is 0 Å². The molecule has 6 rings (SSSR count).